The largest absolute Gasteiger partial charge is 0.491 e. The molecule has 3 aromatic carbocycles. The van der Waals surface area contributed by atoms with E-state index in [1.54, 1.807) is 10.6 Å². The average Bonchev–Trinajstić information content (AvgIpc) is 3.08. The second-order valence-corrected chi connectivity index (χ2v) is 7.26. The minimum absolute atomic E-state index is 0.0114. The number of ether oxygens (including phenoxy) is 1. The molecule has 29 heavy (non-hydrogen) atoms. The molecule has 0 atom stereocenters. The Morgan fingerprint density at radius 3 is 2.66 bits per heavy atom. The van der Waals surface area contributed by atoms with Gasteiger partial charge in [-0.25, -0.2) is 0 Å². The van der Waals surface area contributed by atoms with Crippen molar-refractivity contribution in [2.45, 2.75) is 6.54 Å². The Morgan fingerprint density at radius 1 is 1.07 bits per heavy atom. The first kappa shape index (κ1) is 19.0. The normalized spacial score (nSPS) is 11.6. The van der Waals surface area contributed by atoms with Gasteiger partial charge in [-0.3, -0.25) is 9.36 Å². The predicted molar refractivity (Wildman–Crippen MR) is 116 cm³/mol. The van der Waals surface area contributed by atoms with Crippen molar-refractivity contribution < 1.29 is 9.57 Å². The molecule has 0 aliphatic heterocycles. The van der Waals surface area contributed by atoms with Gasteiger partial charge in [-0.2, -0.15) is 0 Å². The lowest BCUT2D eigenvalue weighted by Gasteiger charge is -2.08. The molecule has 0 N–H and O–H groups in total. The number of thiazole rings is 1. The Morgan fingerprint density at radius 2 is 1.90 bits per heavy atom. The molecule has 5 nitrogen and oxygen atoms in total. The molecule has 1 radical (unpaired) electrons. The second kappa shape index (κ2) is 8.75. The molecule has 0 bridgehead atoms. The van der Waals surface area contributed by atoms with Gasteiger partial charge in [-0.1, -0.05) is 71.1 Å². The molecule has 0 aliphatic rings. The summed E-state index contributed by atoms with van der Waals surface area (Å²) in [4.78, 5) is 17.6. The number of para-hydroxylation sites is 1. The van der Waals surface area contributed by atoms with Crippen molar-refractivity contribution >= 4 is 27.3 Å². The number of rotatable bonds is 7. The predicted octanol–water partition coefficient (Wildman–Crippen LogP) is 4.34. The second-order valence-electron chi connectivity index (χ2n) is 6.27. The fourth-order valence-electron chi connectivity index (χ4n) is 3.10. The highest BCUT2D eigenvalue weighted by Crippen LogP contribution is 2.22. The third kappa shape index (κ3) is 4.22. The molecule has 4 aromatic rings. The molecule has 145 valence electrons. The highest BCUT2D eigenvalue weighted by molar-refractivity contribution is 7.16. The number of hydrogen-bond acceptors (Lipinski definition) is 5. The number of benzene rings is 3. The van der Waals surface area contributed by atoms with Crippen LogP contribution in [0.25, 0.3) is 10.2 Å². The fraction of sp³-hybridized carbons (Fsp3) is 0.130. The van der Waals surface area contributed by atoms with E-state index in [0.29, 0.717) is 18.9 Å². The van der Waals surface area contributed by atoms with Crippen LogP contribution < -0.4 is 9.61 Å². The number of aromatic nitrogens is 1. The van der Waals surface area contributed by atoms with Crippen LogP contribution in [0.1, 0.15) is 11.1 Å². The van der Waals surface area contributed by atoms with Crippen LogP contribution in [0.5, 0.6) is 5.75 Å². The number of oxime groups is 1. The van der Waals surface area contributed by atoms with Gasteiger partial charge in [-0.05, 0) is 18.2 Å². The van der Waals surface area contributed by atoms with Gasteiger partial charge in [0.2, 0.25) is 0 Å². The molecule has 0 saturated carbocycles. The summed E-state index contributed by atoms with van der Waals surface area (Å²) in [5, 5.41) is 4.20. The van der Waals surface area contributed by atoms with E-state index in [9.17, 15) is 4.79 Å². The van der Waals surface area contributed by atoms with Crippen molar-refractivity contribution in [3.8, 4) is 5.75 Å². The highest BCUT2D eigenvalue weighted by atomic mass is 32.1. The Balaban J connectivity index is 1.60. The maximum atomic E-state index is 12.5. The van der Waals surface area contributed by atoms with Crippen molar-refractivity contribution in [1.82, 2.24) is 4.57 Å². The summed E-state index contributed by atoms with van der Waals surface area (Å²) in [5.41, 5.74) is 3.46. The Hall–Kier alpha value is -3.38. The van der Waals surface area contributed by atoms with Crippen LogP contribution >= 0.6 is 11.3 Å². The van der Waals surface area contributed by atoms with Crippen molar-refractivity contribution in [2.75, 3.05) is 13.7 Å². The zero-order chi connectivity index (χ0) is 20.1. The minimum Gasteiger partial charge on any atom is -0.491 e. The van der Waals surface area contributed by atoms with Gasteiger partial charge in [0, 0.05) is 17.2 Å². The molecule has 0 spiro atoms. The number of nitrogens with zero attached hydrogens (tertiary/aromatic N) is 2. The first-order chi connectivity index (χ1) is 14.3. The van der Waals surface area contributed by atoms with E-state index < -0.39 is 0 Å². The van der Waals surface area contributed by atoms with E-state index in [4.69, 9.17) is 9.57 Å². The molecular formula is C23H19N2O3S. The third-order valence-electron chi connectivity index (χ3n) is 4.42. The third-order valence-corrected chi connectivity index (χ3v) is 5.37. The van der Waals surface area contributed by atoms with E-state index in [1.807, 2.05) is 66.7 Å². The number of fused-ring (bicyclic) bond motifs is 1. The maximum Gasteiger partial charge on any atom is 0.308 e. The topological polar surface area (TPSA) is 52.8 Å². The van der Waals surface area contributed by atoms with Gasteiger partial charge in [0.15, 0.2) is 0 Å². The van der Waals surface area contributed by atoms with Crippen LogP contribution in [0.15, 0.2) is 82.7 Å². The van der Waals surface area contributed by atoms with E-state index in [1.165, 1.54) is 18.4 Å². The molecule has 6 heteroatoms. The summed E-state index contributed by atoms with van der Waals surface area (Å²) in [6.07, 6.45) is 0. The van der Waals surface area contributed by atoms with E-state index in [2.05, 4.69) is 11.2 Å². The molecule has 4 rings (SSSR count). The van der Waals surface area contributed by atoms with E-state index in [-0.39, 0.29) is 4.87 Å². The molecule has 0 unspecified atom stereocenters. The monoisotopic (exact) mass is 403 g/mol. The summed E-state index contributed by atoms with van der Waals surface area (Å²) in [7, 11) is 1.53. The van der Waals surface area contributed by atoms with Gasteiger partial charge >= 0.3 is 4.87 Å². The maximum absolute atomic E-state index is 12.5. The lowest BCUT2D eigenvalue weighted by molar-refractivity contribution is 0.214. The SMILES string of the molecule is CON=C(c1ccccc1)c1ccc2c(c1)sc(=O)n2CCOc1[c]cccc1. The first-order valence-electron chi connectivity index (χ1n) is 9.16. The quantitative estimate of drug-likeness (QED) is 0.341. The van der Waals surface area contributed by atoms with Gasteiger partial charge in [0.05, 0.1) is 16.8 Å². The van der Waals surface area contributed by atoms with Crippen molar-refractivity contribution in [3.05, 3.63) is 99.7 Å². The van der Waals surface area contributed by atoms with Crippen LogP contribution in [0, 0.1) is 6.07 Å². The van der Waals surface area contributed by atoms with Crippen LogP contribution in [-0.4, -0.2) is 24.0 Å². The number of hydrogen-bond donors (Lipinski definition) is 0. The Kier molecular flexibility index (Phi) is 5.72. The Bertz CT molecular complexity index is 1180. The molecule has 0 saturated heterocycles. The smallest absolute Gasteiger partial charge is 0.308 e. The van der Waals surface area contributed by atoms with E-state index >= 15 is 0 Å². The first-order valence-corrected chi connectivity index (χ1v) is 9.98. The zero-order valence-corrected chi connectivity index (χ0v) is 16.7. The van der Waals surface area contributed by atoms with E-state index in [0.717, 1.165) is 27.1 Å². The highest BCUT2D eigenvalue weighted by Gasteiger charge is 2.13. The summed E-state index contributed by atoms with van der Waals surface area (Å²) in [6.45, 7) is 0.868. The molecule has 1 aromatic heterocycles. The molecule has 1 heterocycles. The van der Waals surface area contributed by atoms with Crippen LogP contribution in [0.3, 0.4) is 0 Å². The summed E-state index contributed by atoms with van der Waals surface area (Å²) >= 11 is 1.22. The van der Waals surface area contributed by atoms with Gasteiger partial charge < -0.3 is 9.57 Å². The van der Waals surface area contributed by atoms with Crippen LogP contribution in [0.2, 0.25) is 0 Å². The summed E-state index contributed by atoms with van der Waals surface area (Å²) in [5.74, 6) is 0.672. The standard InChI is InChI=1S/C23H19N2O3S/c1-27-24-22(17-8-4-2-5-9-17)18-12-13-20-21(16-18)29-23(26)25(20)14-15-28-19-10-6-3-7-11-19/h2-10,12-13,16H,14-15H2,1H3. The van der Waals surface area contributed by atoms with Crippen LogP contribution in [-0.2, 0) is 11.4 Å². The van der Waals surface area contributed by atoms with Crippen molar-refractivity contribution in [2.24, 2.45) is 5.16 Å². The summed E-state index contributed by atoms with van der Waals surface area (Å²) in [6, 6.07) is 26.2. The van der Waals surface area contributed by atoms with Crippen molar-refractivity contribution in [3.63, 3.8) is 0 Å². The van der Waals surface area contributed by atoms with Gasteiger partial charge in [-0.15, -0.1) is 0 Å². The molecule has 0 aliphatic carbocycles. The van der Waals surface area contributed by atoms with Gasteiger partial charge in [0.25, 0.3) is 0 Å². The average molecular weight is 403 g/mol. The fourth-order valence-corrected chi connectivity index (χ4v) is 4.05. The molecular weight excluding hydrogens is 384 g/mol. The van der Waals surface area contributed by atoms with Gasteiger partial charge in [0.1, 0.15) is 25.2 Å². The van der Waals surface area contributed by atoms with Crippen LogP contribution in [0.4, 0.5) is 0 Å². The van der Waals surface area contributed by atoms with Crippen molar-refractivity contribution in [1.29, 1.82) is 0 Å². The minimum atomic E-state index is -0.0114. The zero-order valence-electron chi connectivity index (χ0n) is 15.9. The summed E-state index contributed by atoms with van der Waals surface area (Å²) < 4.78 is 8.33. The molecule has 0 fully saturated rings. The lowest BCUT2D eigenvalue weighted by atomic mass is 10.0. The lowest BCUT2D eigenvalue weighted by Crippen LogP contribution is -2.17. The molecule has 0 amide bonds. The Labute approximate surface area is 172 Å².